The highest BCUT2D eigenvalue weighted by Gasteiger charge is 2.39. The minimum Gasteiger partial charge on any atom is -0.373 e. The normalized spacial score (nSPS) is 17.0. The van der Waals surface area contributed by atoms with Crippen molar-refractivity contribution in [1.29, 1.82) is 0 Å². The van der Waals surface area contributed by atoms with E-state index < -0.39 is 35.7 Å². The lowest BCUT2D eigenvalue weighted by atomic mass is 9.84. The van der Waals surface area contributed by atoms with Crippen LogP contribution in [-0.4, -0.2) is 46.0 Å². The number of ether oxygens (including phenoxy) is 1. The Kier molecular flexibility index (Phi) is 6.55. The van der Waals surface area contributed by atoms with E-state index in [9.17, 15) is 22.8 Å². The molecular formula is C25H27F3N4O3. The van der Waals surface area contributed by atoms with Crippen LogP contribution < -0.4 is 5.56 Å². The van der Waals surface area contributed by atoms with Crippen molar-refractivity contribution in [2.45, 2.75) is 44.1 Å². The molecule has 2 aromatic heterocycles. The molecule has 0 radical (unpaired) electrons. The summed E-state index contributed by atoms with van der Waals surface area (Å²) in [6.45, 7) is 2.27. The predicted molar refractivity (Wildman–Crippen MR) is 124 cm³/mol. The summed E-state index contributed by atoms with van der Waals surface area (Å²) in [4.78, 5) is 34.9. The number of pyridine rings is 1. The number of halogens is 3. The molecule has 186 valence electrons. The van der Waals surface area contributed by atoms with Gasteiger partial charge in [0.25, 0.3) is 12.0 Å². The zero-order chi connectivity index (χ0) is 26.2. The number of nitrogens with zero attached hydrogens (tertiary/aromatic N) is 4. The number of likely N-dealkylation sites (tertiary alicyclic amines) is 1. The number of rotatable bonds is 6. The fraction of sp³-hybridized carbons (Fsp3) is 0.440. The molecule has 0 saturated carbocycles. The Bertz CT molecular complexity index is 1360. The van der Waals surface area contributed by atoms with Crippen molar-refractivity contribution in [2.75, 3.05) is 20.2 Å². The third kappa shape index (κ3) is 4.42. The van der Waals surface area contributed by atoms with E-state index in [1.807, 2.05) is 0 Å². The topological polar surface area (TPSA) is 77.3 Å². The minimum atomic E-state index is -2.92. The summed E-state index contributed by atoms with van der Waals surface area (Å²) >= 11 is 0. The number of amides is 1. The maximum atomic E-state index is 14.8. The molecular weight excluding hydrogens is 461 g/mol. The number of hydrogen-bond acceptors (Lipinski definition) is 5. The van der Waals surface area contributed by atoms with Crippen molar-refractivity contribution < 1.29 is 24.1 Å². The van der Waals surface area contributed by atoms with Crippen molar-refractivity contribution in [1.82, 2.24) is 19.4 Å². The first kappa shape index (κ1) is 23.5. The van der Waals surface area contributed by atoms with Gasteiger partial charge in [-0.15, -0.1) is 0 Å². The summed E-state index contributed by atoms with van der Waals surface area (Å²) in [5, 5.41) is 0.572. The third-order valence-corrected chi connectivity index (χ3v) is 6.99. The smallest absolute Gasteiger partial charge is 0.266 e. The van der Waals surface area contributed by atoms with Gasteiger partial charge in [0.2, 0.25) is 6.39 Å². The highest BCUT2D eigenvalue weighted by Crippen LogP contribution is 2.36. The van der Waals surface area contributed by atoms with Crippen molar-refractivity contribution in [3.63, 3.8) is 0 Å². The lowest BCUT2D eigenvalue weighted by Gasteiger charge is -2.39. The molecule has 0 spiro atoms. The van der Waals surface area contributed by atoms with Crippen LogP contribution in [0.5, 0.6) is 0 Å². The zero-order valence-electron chi connectivity index (χ0n) is 20.7. The van der Waals surface area contributed by atoms with Gasteiger partial charge in [0.05, 0.1) is 16.8 Å². The van der Waals surface area contributed by atoms with Gasteiger partial charge in [0.1, 0.15) is 24.8 Å². The first-order chi connectivity index (χ1) is 17.1. The lowest BCUT2D eigenvalue weighted by Crippen LogP contribution is -2.46. The van der Waals surface area contributed by atoms with Crippen LogP contribution in [0.2, 0.25) is 0 Å². The van der Waals surface area contributed by atoms with Gasteiger partial charge in [0, 0.05) is 32.6 Å². The van der Waals surface area contributed by atoms with Crippen LogP contribution in [0.4, 0.5) is 13.2 Å². The first-order valence-electron chi connectivity index (χ1n) is 11.8. The Labute approximate surface area is 202 Å². The largest absolute Gasteiger partial charge is 0.373 e. The Morgan fingerprint density at radius 2 is 1.94 bits per heavy atom. The maximum absolute atomic E-state index is 14.8. The number of aromatic nitrogens is 3. The average molecular weight is 490 g/mol. The molecule has 10 heteroatoms. The molecule has 4 rings (SSSR count). The number of alkyl halides is 2. The highest BCUT2D eigenvalue weighted by molar-refractivity contribution is 5.78. The van der Waals surface area contributed by atoms with Gasteiger partial charge in [-0.05, 0) is 36.8 Å². The van der Waals surface area contributed by atoms with E-state index >= 15 is 0 Å². The van der Waals surface area contributed by atoms with Crippen LogP contribution >= 0.6 is 0 Å². The molecule has 1 aromatic carbocycles. The summed E-state index contributed by atoms with van der Waals surface area (Å²) in [5.74, 6) is -1.41. The fourth-order valence-corrected chi connectivity index (χ4v) is 4.87. The third-order valence-electron chi connectivity index (χ3n) is 6.99. The number of carbonyl (C=O) groups is 1. The van der Waals surface area contributed by atoms with E-state index in [2.05, 4.69) is 9.97 Å². The van der Waals surface area contributed by atoms with Crippen LogP contribution in [-0.2, 0) is 28.6 Å². The zero-order valence-corrected chi connectivity index (χ0v) is 19.7. The molecule has 0 N–H and O–H groups in total. The molecule has 1 amide bonds. The second-order valence-corrected chi connectivity index (χ2v) is 8.91. The molecule has 3 heterocycles. The fourth-order valence-electron chi connectivity index (χ4n) is 4.87. The number of fused-ring (bicyclic) bond motifs is 1. The van der Waals surface area contributed by atoms with E-state index in [0.29, 0.717) is 35.1 Å². The molecule has 7 nitrogen and oxygen atoms in total. The van der Waals surface area contributed by atoms with E-state index in [1.54, 1.807) is 20.0 Å². The van der Waals surface area contributed by atoms with Crippen LogP contribution in [0.3, 0.4) is 0 Å². The molecule has 1 aliphatic rings. The van der Waals surface area contributed by atoms with E-state index in [-0.39, 0.29) is 30.6 Å². The van der Waals surface area contributed by atoms with Crippen LogP contribution in [0, 0.1) is 5.82 Å². The molecule has 1 fully saturated rings. The monoisotopic (exact) mass is 489 g/mol. The SMILES string of the molecule is [2H]C(=O)N1CCC(OC)(c2cc3c(C[C@H](C)c4cccc(C(F)F)c4F)ncnc3n(C)c2=O)CC1. The van der Waals surface area contributed by atoms with Crippen molar-refractivity contribution in [3.05, 3.63) is 69.1 Å². The molecule has 35 heavy (non-hydrogen) atoms. The van der Waals surface area contributed by atoms with Gasteiger partial charge in [0.15, 0.2) is 0 Å². The lowest BCUT2D eigenvalue weighted by molar-refractivity contribution is -0.124. The Hall–Kier alpha value is -3.27. The van der Waals surface area contributed by atoms with Crippen molar-refractivity contribution >= 4 is 17.4 Å². The van der Waals surface area contributed by atoms with Gasteiger partial charge < -0.3 is 9.64 Å². The number of methoxy groups -OCH3 is 1. The summed E-state index contributed by atoms with van der Waals surface area (Å²) in [6.07, 6.45) is -1.49. The molecule has 1 aliphatic heterocycles. The number of aryl methyl sites for hydroxylation is 1. The van der Waals surface area contributed by atoms with Crippen LogP contribution in [0.25, 0.3) is 11.0 Å². The second-order valence-electron chi connectivity index (χ2n) is 8.91. The molecule has 0 bridgehead atoms. The van der Waals surface area contributed by atoms with Gasteiger partial charge >= 0.3 is 0 Å². The maximum Gasteiger partial charge on any atom is 0.266 e. The Morgan fingerprint density at radius 3 is 2.57 bits per heavy atom. The highest BCUT2D eigenvalue weighted by atomic mass is 19.3. The summed E-state index contributed by atoms with van der Waals surface area (Å²) in [7, 11) is 3.09. The summed E-state index contributed by atoms with van der Waals surface area (Å²) in [6, 6.07) is 5.65. The molecule has 0 unspecified atom stereocenters. The number of carbonyl (C=O) groups excluding carboxylic acids is 1. The summed E-state index contributed by atoms with van der Waals surface area (Å²) < 4.78 is 55.8. The van der Waals surface area contributed by atoms with Gasteiger partial charge in [-0.1, -0.05) is 25.1 Å². The van der Waals surface area contributed by atoms with Crippen LogP contribution in [0.15, 0.2) is 35.4 Å². The first-order valence-corrected chi connectivity index (χ1v) is 11.3. The quantitative estimate of drug-likeness (QED) is 0.492. The standard InChI is InChI=1S/C25H27F3N4O3/c1-15(16-5-4-6-17(21(16)26)22(27)28)11-20-18-12-19(24(34)31(2)23(18)30-13-29-20)25(35-3)7-9-32(14-33)10-8-25/h4-6,12-15,22H,7-11H2,1-3H3/t15-/m0/s1/i14D. The molecule has 1 atom stereocenters. The Balaban J connectivity index is 1.77. The molecule has 3 aromatic rings. The second kappa shape index (κ2) is 9.77. The van der Waals surface area contributed by atoms with Crippen LogP contribution in [0.1, 0.15) is 55.9 Å². The van der Waals surface area contributed by atoms with E-state index in [4.69, 9.17) is 6.11 Å². The van der Waals surface area contributed by atoms with Gasteiger partial charge in [-0.3, -0.25) is 14.2 Å². The summed E-state index contributed by atoms with van der Waals surface area (Å²) in [5.41, 5.74) is -0.452. The number of benzene rings is 1. The average Bonchev–Trinajstić information content (AvgIpc) is 2.86. The Morgan fingerprint density at radius 1 is 1.26 bits per heavy atom. The van der Waals surface area contributed by atoms with E-state index in [1.165, 1.54) is 35.0 Å². The van der Waals surface area contributed by atoms with Crippen molar-refractivity contribution in [3.8, 4) is 0 Å². The number of piperidine rings is 1. The van der Waals surface area contributed by atoms with Gasteiger partial charge in [-0.2, -0.15) is 0 Å². The number of hydrogen-bond donors (Lipinski definition) is 0. The van der Waals surface area contributed by atoms with E-state index in [0.717, 1.165) is 6.07 Å². The molecule has 0 aliphatic carbocycles. The minimum absolute atomic E-state index is 0.158. The molecule has 1 saturated heterocycles. The predicted octanol–water partition coefficient (Wildman–Crippen LogP) is 3.85. The van der Waals surface area contributed by atoms with Gasteiger partial charge in [-0.25, -0.2) is 23.1 Å². The van der Waals surface area contributed by atoms with Crippen molar-refractivity contribution in [2.24, 2.45) is 7.05 Å².